The molecule has 0 atom stereocenters. The zero-order valence-corrected chi connectivity index (χ0v) is 12.6. The third kappa shape index (κ3) is 4.67. The lowest BCUT2D eigenvalue weighted by Gasteiger charge is -2.16. The van der Waals surface area contributed by atoms with Gasteiger partial charge in [-0.2, -0.15) is 0 Å². The van der Waals surface area contributed by atoms with E-state index in [1.54, 1.807) is 0 Å². The third-order valence-electron chi connectivity index (χ3n) is 3.36. The highest BCUT2D eigenvalue weighted by Crippen LogP contribution is 2.18. The molecule has 2 rings (SSSR count). The Morgan fingerprint density at radius 3 is 2.95 bits per heavy atom. The fourth-order valence-electron chi connectivity index (χ4n) is 2.32. The number of pyridine rings is 1. The van der Waals surface area contributed by atoms with Crippen LogP contribution in [0, 0.1) is 12.3 Å². The SMILES string of the molecule is C#CCNC(=NCc1ccnc(N2CCCC2)c1)NCC. The van der Waals surface area contributed by atoms with E-state index in [2.05, 4.69) is 37.5 Å². The highest BCUT2D eigenvalue weighted by molar-refractivity contribution is 5.80. The summed E-state index contributed by atoms with van der Waals surface area (Å²) in [6, 6.07) is 4.13. The van der Waals surface area contributed by atoms with E-state index in [9.17, 15) is 0 Å². The fraction of sp³-hybridized carbons (Fsp3) is 0.500. The van der Waals surface area contributed by atoms with Crippen molar-refractivity contribution < 1.29 is 0 Å². The summed E-state index contributed by atoms with van der Waals surface area (Å²) >= 11 is 0. The third-order valence-corrected chi connectivity index (χ3v) is 3.36. The molecule has 1 aliphatic heterocycles. The Labute approximate surface area is 126 Å². The molecule has 0 radical (unpaired) electrons. The van der Waals surface area contributed by atoms with E-state index in [1.165, 1.54) is 12.8 Å². The largest absolute Gasteiger partial charge is 0.357 e. The highest BCUT2D eigenvalue weighted by atomic mass is 15.2. The van der Waals surface area contributed by atoms with E-state index in [0.29, 0.717) is 13.1 Å². The van der Waals surface area contributed by atoms with Crippen LogP contribution >= 0.6 is 0 Å². The van der Waals surface area contributed by atoms with Crippen LogP contribution in [-0.4, -0.2) is 37.1 Å². The van der Waals surface area contributed by atoms with E-state index in [0.717, 1.165) is 37.0 Å². The summed E-state index contributed by atoms with van der Waals surface area (Å²) in [4.78, 5) is 11.3. The van der Waals surface area contributed by atoms with Crippen molar-refractivity contribution in [3.05, 3.63) is 23.9 Å². The van der Waals surface area contributed by atoms with Crippen LogP contribution in [0.4, 0.5) is 5.82 Å². The molecule has 21 heavy (non-hydrogen) atoms. The first kappa shape index (κ1) is 15.2. The molecule has 0 bridgehead atoms. The minimum absolute atomic E-state index is 0.473. The van der Waals surface area contributed by atoms with Crippen molar-refractivity contribution in [2.75, 3.05) is 31.1 Å². The van der Waals surface area contributed by atoms with E-state index in [4.69, 9.17) is 6.42 Å². The van der Waals surface area contributed by atoms with Gasteiger partial charge in [0.15, 0.2) is 5.96 Å². The van der Waals surface area contributed by atoms with Crippen LogP contribution in [0.3, 0.4) is 0 Å². The Morgan fingerprint density at radius 2 is 2.24 bits per heavy atom. The average Bonchev–Trinajstić information content (AvgIpc) is 3.05. The average molecular weight is 285 g/mol. The summed E-state index contributed by atoms with van der Waals surface area (Å²) in [5, 5.41) is 6.26. The van der Waals surface area contributed by atoms with Crippen LogP contribution in [0.1, 0.15) is 25.3 Å². The number of guanidine groups is 1. The van der Waals surface area contributed by atoms with Gasteiger partial charge in [0.2, 0.25) is 0 Å². The summed E-state index contributed by atoms with van der Waals surface area (Å²) in [5.74, 6) is 4.35. The van der Waals surface area contributed by atoms with Gasteiger partial charge in [-0.3, -0.25) is 0 Å². The van der Waals surface area contributed by atoms with Gasteiger partial charge in [0, 0.05) is 25.8 Å². The van der Waals surface area contributed by atoms with Crippen LogP contribution in [0.5, 0.6) is 0 Å². The number of rotatable bonds is 5. The Bertz CT molecular complexity index is 512. The minimum atomic E-state index is 0.473. The topological polar surface area (TPSA) is 52.6 Å². The van der Waals surface area contributed by atoms with Gasteiger partial charge in [-0.1, -0.05) is 5.92 Å². The maximum Gasteiger partial charge on any atom is 0.192 e. The quantitative estimate of drug-likeness (QED) is 0.487. The van der Waals surface area contributed by atoms with Crippen molar-refractivity contribution in [2.45, 2.75) is 26.3 Å². The Kier molecular flexibility index (Phi) is 5.89. The van der Waals surface area contributed by atoms with E-state index in [-0.39, 0.29) is 0 Å². The molecular formula is C16H23N5. The monoisotopic (exact) mass is 285 g/mol. The maximum absolute atomic E-state index is 5.26. The number of anilines is 1. The number of terminal acetylenes is 1. The zero-order chi connectivity index (χ0) is 14.9. The molecule has 5 nitrogen and oxygen atoms in total. The van der Waals surface area contributed by atoms with Crippen molar-refractivity contribution >= 4 is 11.8 Å². The number of nitrogens with zero attached hydrogens (tertiary/aromatic N) is 3. The molecule has 112 valence electrons. The van der Waals surface area contributed by atoms with Crippen LogP contribution in [0.25, 0.3) is 0 Å². The van der Waals surface area contributed by atoms with E-state index in [1.807, 2.05) is 19.2 Å². The predicted octanol–water partition coefficient (Wildman–Crippen LogP) is 1.37. The zero-order valence-electron chi connectivity index (χ0n) is 12.6. The summed E-state index contributed by atoms with van der Waals surface area (Å²) in [5.41, 5.74) is 1.16. The van der Waals surface area contributed by atoms with Crippen LogP contribution in [0.2, 0.25) is 0 Å². The van der Waals surface area contributed by atoms with Gasteiger partial charge in [-0.05, 0) is 37.5 Å². The smallest absolute Gasteiger partial charge is 0.192 e. The summed E-state index contributed by atoms with van der Waals surface area (Å²) < 4.78 is 0. The first-order chi connectivity index (χ1) is 10.3. The molecule has 1 aliphatic rings. The lowest BCUT2D eigenvalue weighted by Crippen LogP contribution is -2.37. The predicted molar refractivity (Wildman–Crippen MR) is 87.3 cm³/mol. The first-order valence-corrected chi connectivity index (χ1v) is 7.49. The van der Waals surface area contributed by atoms with Gasteiger partial charge in [-0.25, -0.2) is 9.98 Å². The molecule has 0 unspecified atom stereocenters. The molecule has 1 saturated heterocycles. The van der Waals surface area contributed by atoms with Gasteiger partial charge in [0.1, 0.15) is 5.82 Å². The van der Waals surface area contributed by atoms with E-state index < -0.39 is 0 Å². The highest BCUT2D eigenvalue weighted by Gasteiger charge is 2.13. The maximum atomic E-state index is 5.26. The van der Waals surface area contributed by atoms with Gasteiger partial charge >= 0.3 is 0 Å². The molecule has 2 N–H and O–H groups in total. The fourth-order valence-corrected chi connectivity index (χ4v) is 2.32. The van der Waals surface area contributed by atoms with Crippen molar-refractivity contribution in [1.29, 1.82) is 0 Å². The van der Waals surface area contributed by atoms with Crippen molar-refractivity contribution in [2.24, 2.45) is 4.99 Å². The van der Waals surface area contributed by atoms with Gasteiger partial charge in [-0.15, -0.1) is 6.42 Å². The number of aromatic nitrogens is 1. The second-order valence-electron chi connectivity index (χ2n) is 4.97. The molecule has 1 aromatic rings. The number of hydrogen-bond donors (Lipinski definition) is 2. The lowest BCUT2D eigenvalue weighted by molar-refractivity contribution is 0.863. The molecule has 0 amide bonds. The van der Waals surface area contributed by atoms with Crippen molar-refractivity contribution in [3.63, 3.8) is 0 Å². The van der Waals surface area contributed by atoms with Crippen LogP contribution < -0.4 is 15.5 Å². The summed E-state index contributed by atoms with van der Waals surface area (Å²) in [6.45, 7) is 6.14. The molecule has 0 spiro atoms. The second-order valence-corrected chi connectivity index (χ2v) is 4.97. The van der Waals surface area contributed by atoms with E-state index >= 15 is 0 Å². The molecule has 2 heterocycles. The molecule has 1 fully saturated rings. The van der Waals surface area contributed by atoms with Crippen molar-refractivity contribution in [1.82, 2.24) is 15.6 Å². The Morgan fingerprint density at radius 1 is 1.43 bits per heavy atom. The summed E-state index contributed by atoms with van der Waals surface area (Å²) in [6.07, 6.45) is 9.63. The Balaban J connectivity index is 2.00. The normalized spacial score (nSPS) is 14.9. The molecule has 1 aromatic heterocycles. The van der Waals surface area contributed by atoms with Crippen LogP contribution in [-0.2, 0) is 6.54 Å². The molecule has 5 heteroatoms. The molecule has 0 aliphatic carbocycles. The number of aliphatic imine (C=N–C) groups is 1. The number of hydrogen-bond acceptors (Lipinski definition) is 3. The minimum Gasteiger partial charge on any atom is -0.357 e. The van der Waals surface area contributed by atoms with Gasteiger partial charge < -0.3 is 15.5 Å². The Hall–Kier alpha value is -2.22. The van der Waals surface area contributed by atoms with Crippen LogP contribution in [0.15, 0.2) is 23.3 Å². The molecule has 0 saturated carbocycles. The molecule has 0 aromatic carbocycles. The first-order valence-electron chi connectivity index (χ1n) is 7.49. The lowest BCUT2D eigenvalue weighted by atomic mass is 10.2. The number of nitrogens with one attached hydrogen (secondary N) is 2. The van der Waals surface area contributed by atoms with Crippen molar-refractivity contribution in [3.8, 4) is 12.3 Å². The molecular weight excluding hydrogens is 262 g/mol. The summed E-state index contributed by atoms with van der Waals surface area (Å²) in [7, 11) is 0. The van der Waals surface area contributed by atoms with Gasteiger partial charge in [0.25, 0.3) is 0 Å². The standard InChI is InChI=1S/C16H23N5/c1-3-8-19-16(17-4-2)20-13-14-7-9-18-15(12-14)21-10-5-6-11-21/h1,7,9,12H,4-6,8,10-11,13H2,2H3,(H2,17,19,20). The van der Waals surface area contributed by atoms with Gasteiger partial charge in [0.05, 0.1) is 13.1 Å². The second kappa shape index (κ2) is 8.15.